The first-order valence-electron chi connectivity index (χ1n) is 11.1. The number of nitrogens with one attached hydrogen (secondary N) is 1. The first-order chi connectivity index (χ1) is 15.1. The average molecular weight is 455 g/mol. The van der Waals surface area contributed by atoms with Crippen molar-refractivity contribution in [3.8, 4) is 0 Å². The fourth-order valence-corrected chi connectivity index (χ4v) is 4.15. The van der Waals surface area contributed by atoms with Gasteiger partial charge in [-0.25, -0.2) is 18.4 Å². The maximum Gasteiger partial charge on any atom is 0.410 e. The Labute approximate surface area is 187 Å². The maximum absolute atomic E-state index is 13.7. The number of alkyl carbamates (subject to hydrolysis) is 1. The molecule has 0 spiro atoms. The molecule has 0 unspecified atom stereocenters. The second kappa shape index (κ2) is 10.0. The molecule has 1 aromatic carbocycles. The van der Waals surface area contributed by atoms with Gasteiger partial charge in [0.15, 0.2) is 0 Å². The number of nitrogens with zero attached hydrogens (tertiary/aromatic N) is 1. The third kappa shape index (κ3) is 6.31. The summed E-state index contributed by atoms with van der Waals surface area (Å²) in [6, 6.07) is 2.19. The summed E-state index contributed by atoms with van der Waals surface area (Å²) >= 11 is 0. The van der Waals surface area contributed by atoms with Crippen LogP contribution in [0.25, 0.3) is 0 Å². The topological polar surface area (TPSA) is 77.1 Å². The van der Waals surface area contributed by atoms with E-state index >= 15 is 0 Å². The van der Waals surface area contributed by atoms with E-state index in [-0.39, 0.29) is 12.5 Å². The molecular formula is C23H32F2N2O5. The monoisotopic (exact) mass is 454 g/mol. The molecular weight excluding hydrogens is 422 g/mol. The van der Waals surface area contributed by atoms with Crippen molar-refractivity contribution in [3.63, 3.8) is 0 Å². The molecule has 178 valence electrons. The van der Waals surface area contributed by atoms with Crippen molar-refractivity contribution >= 4 is 12.2 Å². The Kier molecular flexibility index (Phi) is 7.59. The Morgan fingerprint density at radius 3 is 2.56 bits per heavy atom. The molecule has 4 atom stereocenters. The number of carbonyl (C=O) groups is 2. The van der Waals surface area contributed by atoms with E-state index in [0.717, 1.165) is 18.9 Å². The number of likely N-dealkylation sites (tertiary alicyclic amines) is 1. The number of carbonyl (C=O) groups excluding carboxylic acids is 2. The summed E-state index contributed by atoms with van der Waals surface area (Å²) < 4.78 is 44.4. The van der Waals surface area contributed by atoms with Gasteiger partial charge >= 0.3 is 12.2 Å². The van der Waals surface area contributed by atoms with Crippen molar-refractivity contribution in [1.82, 2.24) is 10.2 Å². The summed E-state index contributed by atoms with van der Waals surface area (Å²) in [4.78, 5) is 26.6. The smallest absolute Gasteiger partial charge is 0.410 e. The predicted octanol–water partition coefficient (Wildman–Crippen LogP) is 4.18. The molecule has 0 radical (unpaired) electrons. The van der Waals surface area contributed by atoms with Crippen LogP contribution in [0.15, 0.2) is 18.2 Å². The summed E-state index contributed by atoms with van der Waals surface area (Å²) in [6.45, 7) is 8.30. The van der Waals surface area contributed by atoms with Crippen LogP contribution in [0.3, 0.4) is 0 Å². The summed E-state index contributed by atoms with van der Waals surface area (Å²) in [7, 11) is 0. The van der Waals surface area contributed by atoms with E-state index < -0.39 is 47.6 Å². The first-order valence-corrected chi connectivity index (χ1v) is 11.1. The lowest BCUT2D eigenvalue weighted by Gasteiger charge is -2.32. The van der Waals surface area contributed by atoms with Gasteiger partial charge in [0, 0.05) is 12.7 Å². The number of amides is 2. The molecule has 3 rings (SSSR count). The van der Waals surface area contributed by atoms with Crippen LogP contribution in [0.5, 0.6) is 0 Å². The number of cyclic esters (lactones) is 1. The van der Waals surface area contributed by atoms with Crippen LogP contribution in [0, 0.1) is 11.6 Å². The molecule has 2 aliphatic heterocycles. The summed E-state index contributed by atoms with van der Waals surface area (Å²) in [5.74, 6) is -1.38. The van der Waals surface area contributed by atoms with Gasteiger partial charge in [0.05, 0.1) is 24.7 Å². The van der Waals surface area contributed by atoms with Gasteiger partial charge in [-0.05, 0) is 57.7 Å². The minimum Gasteiger partial charge on any atom is -0.444 e. The molecule has 0 aromatic heterocycles. The number of rotatable bonds is 7. The van der Waals surface area contributed by atoms with Gasteiger partial charge in [0.2, 0.25) is 0 Å². The molecule has 1 N–H and O–H groups in total. The number of hydrogen-bond donors (Lipinski definition) is 1. The summed E-state index contributed by atoms with van der Waals surface area (Å²) in [6.07, 6.45) is 0.455. The van der Waals surface area contributed by atoms with Crippen LogP contribution >= 0.6 is 0 Å². The zero-order valence-corrected chi connectivity index (χ0v) is 19.0. The number of unbranched alkanes of at least 4 members (excludes halogenated alkanes) is 1. The van der Waals surface area contributed by atoms with Crippen LogP contribution < -0.4 is 5.32 Å². The SMILES string of the molecule is CCCCO[C@@H]1C[C@H]([C@H]2OC(=O)N[C@H]2Cc2cc(F)cc(F)c2)N(C(=O)OC(C)(C)C)C1. The molecule has 7 nitrogen and oxygen atoms in total. The molecule has 2 amide bonds. The van der Waals surface area contributed by atoms with Gasteiger partial charge in [0.1, 0.15) is 23.3 Å². The molecule has 0 aliphatic carbocycles. The second-order valence-corrected chi connectivity index (χ2v) is 9.38. The molecule has 2 saturated heterocycles. The van der Waals surface area contributed by atoms with Crippen LogP contribution in [0.4, 0.5) is 18.4 Å². The number of ether oxygens (including phenoxy) is 3. The minimum absolute atomic E-state index is 0.158. The molecule has 2 fully saturated rings. The first kappa shape index (κ1) is 24.2. The van der Waals surface area contributed by atoms with Crippen LogP contribution in [-0.2, 0) is 20.6 Å². The molecule has 0 saturated carbocycles. The van der Waals surface area contributed by atoms with Crippen molar-refractivity contribution in [2.45, 2.75) is 83.3 Å². The van der Waals surface area contributed by atoms with Gasteiger partial charge in [-0.15, -0.1) is 0 Å². The Balaban J connectivity index is 1.80. The minimum atomic E-state index is -0.707. The van der Waals surface area contributed by atoms with E-state index in [1.54, 1.807) is 25.7 Å². The van der Waals surface area contributed by atoms with Crippen molar-refractivity contribution in [3.05, 3.63) is 35.4 Å². The lowest BCUT2D eigenvalue weighted by atomic mass is 9.95. The number of benzene rings is 1. The third-order valence-corrected chi connectivity index (χ3v) is 5.48. The Morgan fingerprint density at radius 2 is 1.94 bits per heavy atom. The largest absolute Gasteiger partial charge is 0.444 e. The normalized spacial score (nSPS) is 25.6. The Hall–Kier alpha value is -2.42. The molecule has 32 heavy (non-hydrogen) atoms. The van der Waals surface area contributed by atoms with E-state index in [0.29, 0.717) is 25.1 Å². The van der Waals surface area contributed by atoms with Gasteiger partial charge < -0.3 is 19.5 Å². The quantitative estimate of drug-likeness (QED) is 0.626. The fourth-order valence-electron chi connectivity index (χ4n) is 4.15. The Bertz CT molecular complexity index is 809. The third-order valence-electron chi connectivity index (χ3n) is 5.48. The highest BCUT2D eigenvalue weighted by Gasteiger charge is 2.49. The highest BCUT2D eigenvalue weighted by molar-refractivity contribution is 5.72. The molecule has 9 heteroatoms. The van der Waals surface area contributed by atoms with Crippen LogP contribution in [0.1, 0.15) is 52.5 Å². The van der Waals surface area contributed by atoms with Crippen molar-refractivity contribution in [2.75, 3.05) is 13.2 Å². The Morgan fingerprint density at radius 1 is 1.25 bits per heavy atom. The molecule has 2 aliphatic rings. The summed E-state index contributed by atoms with van der Waals surface area (Å²) in [5.41, 5.74) is -0.299. The molecule has 1 aromatic rings. The van der Waals surface area contributed by atoms with Crippen molar-refractivity contribution in [1.29, 1.82) is 0 Å². The van der Waals surface area contributed by atoms with Gasteiger partial charge in [-0.2, -0.15) is 0 Å². The number of hydrogen-bond acceptors (Lipinski definition) is 5. The zero-order valence-electron chi connectivity index (χ0n) is 19.0. The van der Waals surface area contributed by atoms with E-state index in [9.17, 15) is 18.4 Å². The van der Waals surface area contributed by atoms with E-state index in [4.69, 9.17) is 14.2 Å². The summed E-state index contributed by atoms with van der Waals surface area (Å²) in [5, 5.41) is 2.72. The zero-order chi connectivity index (χ0) is 23.5. The van der Waals surface area contributed by atoms with Crippen molar-refractivity contribution in [2.24, 2.45) is 0 Å². The fraction of sp³-hybridized carbons (Fsp3) is 0.652. The molecule has 0 bridgehead atoms. The lowest BCUT2D eigenvalue weighted by molar-refractivity contribution is 0.00377. The van der Waals surface area contributed by atoms with Gasteiger partial charge in [-0.3, -0.25) is 4.90 Å². The number of halogens is 2. The van der Waals surface area contributed by atoms with Crippen LogP contribution in [-0.4, -0.2) is 60.1 Å². The molecule has 2 heterocycles. The maximum atomic E-state index is 13.7. The predicted molar refractivity (Wildman–Crippen MR) is 113 cm³/mol. The van der Waals surface area contributed by atoms with E-state index in [2.05, 4.69) is 12.2 Å². The lowest BCUT2D eigenvalue weighted by Crippen LogP contribution is -2.50. The standard InChI is InChI=1S/C23H32F2N2O5/c1-5-6-7-30-17-12-19(27(13-17)22(29)32-23(2,3)4)20-18(26-21(28)31-20)10-14-8-15(24)11-16(25)9-14/h8-9,11,17-20H,5-7,10,12-13H2,1-4H3,(H,26,28)/t17-,18+,19-,20+/m1/s1. The van der Waals surface area contributed by atoms with Crippen LogP contribution in [0.2, 0.25) is 0 Å². The van der Waals surface area contributed by atoms with E-state index in [1.807, 2.05) is 0 Å². The highest BCUT2D eigenvalue weighted by atomic mass is 19.1. The average Bonchev–Trinajstić information content (AvgIpc) is 3.23. The van der Waals surface area contributed by atoms with E-state index in [1.165, 1.54) is 12.1 Å². The van der Waals surface area contributed by atoms with Gasteiger partial charge in [0.25, 0.3) is 0 Å². The van der Waals surface area contributed by atoms with Gasteiger partial charge in [-0.1, -0.05) is 13.3 Å². The second-order valence-electron chi connectivity index (χ2n) is 9.38. The van der Waals surface area contributed by atoms with Crippen molar-refractivity contribution < 1.29 is 32.6 Å². The highest BCUT2D eigenvalue weighted by Crippen LogP contribution is 2.31.